The van der Waals surface area contributed by atoms with Crippen LogP contribution in [0.2, 0.25) is 10.0 Å². The number of ether oxygens (including phenoxy) is 1. The number of anilines is 1. The van der Waals surface area contributed by atoms with Crippen molar-refractivity contribution in [3.8, 4) is 0 Å². The van der Waals surface area contributed by atoms with E-state index in [1.807, 2.05) is 0 Å². The second-order valence-electron chi connectivity index (χ2n) is 5.98. The number of esters is 1. The monoisotopic (exact) mass is 462 g/mol. The topological polar surface area (TPSA) is 84.5 Å². The Labute approximate surface area is 179 Å². The fraction of sp³-hybridized carbons (Fsp3) is 0.211. The molecule has 0 fully saturated rings. The van der Waals surface area contributed by atoms with Crippen molar-refractivity contribution >= 4 is 46.7 Å². The number of amides is 2. The zero-order valence-corrected chi connectivity index (χ0v) is 16.9. The van der Waals surface area contributed by atoms with Gasteiger partial charge in [0.2, 0.25) is 0 Å². The van der Waals surface area contributed by atoms with Gasteiger partial charge in [0.1, 0.15) is 6.54 Å². The van der Waals surface area contributed by atoms with Crippen molar-refractivity contribution in [3.63, 3.8) is 0 Å². The normalized spacial score (nSPS) is 12.1. The van der Waals surface area contributed by atoms with Crippen LogP contribution in [0.5, 0.6) is 0 Å². The zero-order chi connectivity index (χ0) is 22.5. The molecule has 1 atom stereocenters. The van der Waals surface area contributed by atoms with Crippen molar-refractivity contribution in [1.29, 1.82) is 0 Å². The van der Waals surface area contributed by atoms with E-state index in [9.17, 15) is 27.6 Å². The Morgan fingerprint density at radius 2 is 1.70 bits per heavy atom. The Balaban J connectivity index is 1.85. The lowest BCUT2D eigenvalue weighted by Crippen LogP contribution is -2.35. The van der Waals surface area contributed by atoms with Gasteiger partial charge in [0.05, 0.1) is 21.3 Å². The minimum atomic E-state index is -4.52. The fourth-order valence-electron chi connectivity index (χ4n) is 2.19. The summed E-state index contributed by atoms with van der Waals surface area (Å²) in [7, 11) is 0. The third-order valence-electron chi connectivity index (χ3n) is 3.75. The molecule has 6 nitrogen and oxygen atoms in total. The third-order valence-corrected chi connectivity index (χ3v) is 4.57. The molecule has 0 aliphatic rings. The maximum Gasteiger partial charge on any atom is 0.416 e. The minimum absolute atomic E-state index is 0.0720. The van der Waals surface area contributed by atoms with Crippen LogP contribution in [0.1, 0.15) is 22.8 Å². The average Bonchev–Trinajstić information content (AvgIpc) is 2.69. The van der Waals surface area contributed by atoms with E-state index in [0.29, 0.717) is 0 Å². The van der Waals surface area contributed by atoms with Gasteiger partial charge in [0.15, 0.2) is 6.10 Å². The maximum atomic E-state index is 12.5. The van der Waals surface area contributed by atoms with Gasteiger partial charge in [0.25, 0.3) is 11.8 Å². The Hall–Kier alpha value is -2.78. The second kappa shape index (κ2) is 9.82. The predicted molar refractivity (Wildman–Crippen MR) is 104 cm³/mol. The Morgan fingerprint density at radius 1 is 1.07 bits per heavy atom. The van der Waals surface area contributed by atoms with Crippen molar-refractivity contribution in [2.45, 2.75) is 19.2 Å². The van der Waals surface area contributed by atoms with Crippen LogP contribution in [0.15, 0.2) is 42.5 Å². The van der Waals surface area contributed by atoms with Gasteiger partial charge in [0, 0.05) is 5.56 Å². The molecule has 0 bridgehead atoms. The first kappa shape index (κ1) is 23.5. The zero-order valence-electron chi connectivity index (χ0n) is 15.3. The molecular weight excluding hydrogens is 448 g/mol. The summed E-state index contributed by atoms with van der Waals surface area (Å²) in [5.41, 5.74) is -0.747. The average molecular weight is 463 g/mol. The standard InChI is InChI=1S/C19H15Cl2F3N2O4/c1-10(17(28)26-14-4-2-3-13(20)16(14)21)30-15(27)9-25-18(29)11-5-7-12(8-6-11)19(22,23)24/h2-8,10H,9H2,1H3,(H,25,29)(H,26,28). The lowest BCUT2D eigenvalue weighted by molar-refractivity contribution is -0.152. The molecule has 0 saturated carbocycles. The molecule has 2 aromatic carbocycles. The highest BCUT2D eigenvalue weighted by molar-refractivity contribution is 6.44. The first-order valence-corrected chi connectivity index (χ1v) is 9.14. The molecule has 0 aromatic heterocycles. The lowest BCUT2D eigenvalue weighted by Gasteiger charge is -2.15. The smallest absolute Gasteiger partial charge is 0.416 e. The van der Waals surface area contributed by atoms with E-state index in [2.05, 4.69) is 10.6 Å². The van der Waals surface area contributed by atoms with Crippen LogP contribution in [0.25, 0.3) is 0 Å². The van der Waals surface area contributed by atoms with Crippen molar-refractivity contribution in [3.05, 3.63) is 63.6 Å². The molecule has 11 heteroatoms. The first-order valence-electron chi connectivity index (χ1n) is 8.39. The van der Waals surface area contributed by atoms with E-state index in [4.69, 9.17) is 27.9 Å². The quantitative estimate of drug-likeness (QED) is 0.626. The molecule has 2 N–H and O–H groups in total. The summed E-state index contributed by atoms with van der Waals surface area (Å²) in [5, 5.41) is 5.00. The Morgan fingerprint density at radius 3 is 2.30 bits per heavy atom. The molecule has 2 aromatic rings. The number of halogens is 5. The molecule has 160 valence electrons. The lowest BCUT2D eigenvalue weighted by atomic mass is 10.1. The van der Waals surface area contributed by atoms with Gasteiger partial charge >= 0.3 is 12.1 Å². The van der Waals surface area contributed by atoms with Gasteiger partial charge in [-0.3, -0.25) is 14.4 Å². The van der Waals surface area contributed by atoms with E-state index < -0.39 is 42.2 Å². The highest BCUT2D eigenvalue weighted by Crippen LogP contribution is 2.30. The number of carbonyl (C=O) groups is 3. The van der Waals surface area contributed by atoms with Crippen LogP contribution in [0.4, 0.5) is 18.9 Å². The van der Waals surface area contributed by atoms with Gasteiger partial charge in [-0.15, -0.1) is 0 Å². The third kappa shape index (κ3) is 6.36. The van der Waals surface area contributed by atoms with Crippen molar-refractivity contribution in [2.24, 2.45) is 0 Å². The Kier molecular flexibility index (Phi) is 7.69. The summed E-state index contributed by atoms with van der Waals surface area (Å²) in [6.07, 6.45) is -5.74. The molecule has 1 unspecified atom stereocenters. The van der Waals surface area contributed by atoms with Crippen LogP contribution >= 0.6 is 23.2 Å². The van der Waals surface area contributed by atoms with Gasteiger partial charge in [-0.05, 0) is 43.3 Å². The van der Waals surface area contributed by atoms with Gasteiger partial charge in [-0.1, -0.05) is 29.3 Å². The van der Waals surface area contributed by atoms with Crippen LogP contribution in [0, 0.1) is 0 Å². The SMILES string of the molecule is CC(OC(=O)CNC(=O)c1ccc(C(F)(F)F)cc1)C(=O)Nc1cccc(Cl)c1Cl. The molecule has 0 radical (unpaired) electrons. The van der Waals surface area contributed by atoms with Gasteiger partial charge < -0.3 is 15.4 Å². The van der Waals surface area contributed by atoms with E-state index >= 15 is 0 Å². The number of hydrogen-bond donors (Lipinski definition) is 2. The fourth-order valence-corrected chi connectivity index (χ4v) is 2.54. The second-order valence-corrected chi connectivity index (χ2v) is 6.77. The summed E-state index contributed by atoms with van der Waals surface area (Å²) >= 11 is 11.8. The van der Waals surface area contributed by atoms with Crippen molar-refractivity contribution in [2.75, 3.05) is 11.9 Å². The first-order chi connectivity index (χ1) is 14.0. The van der Waals surface area contributed by atoms with E-state index in [0.717, 1.165) is 24.3 Å². The van der Waals surface area contributed by atoms with E-state index in [1.54, 1.807) is 6.07 Å². The van der Waals surface area contributed by atoms with Gasteiger partial charge in [-0.25, -0.2) is 0 Å². The number of alkyl halides is 3. The number of benzene rings is 2. The molecule has 0 aliphatic carbocycles. The molecular formula is C19H15Cl2F3N2O4. The van der Waals surface area contributed by atoms with Gasteiger partial charge in [-0.2, -0.15) is 13.2 Å². The molecule has 0 aliphatic heterocycles. The van der Waals surface area contributed by atoms with Crippen LogP contribution in [-0.4, -0.2) is 30.4 Å². The number of rotatable bonds is 6. The number of hydrogen-bond acceptors (Lipinski definition) is 4. The summed E-state index contributed by atoms with van der Waals surface area (Å²) in [4.78, 5) is 35.9. The van der Waals surface area contributed by atoms with Crippen LogP contribution < -0.4 is 10.6 Å². The highest BCUT2D eigenvalue weighted by Gasteiger charge is 2.30. The molecule has 2 rings (SSSR count). The van der Waals surface area contributed by atoms with Crippen molar-refractivity contribution in [1.82, 2.24) is 5.32 Å². The largest absolute Gasteiger partial charge is 0.451 e. The van der Waals surface area contributed by atoms with E-state index in [1.165, 1.54) is 19.1 Å². The Bertz CT molecular complexity index is 950. The molecule has 0 spiro atoms. The van der Waals surface area contributed by atoms with Crippen molar-refractivity contribution < 1.29 is 32.3 Å². The van der Waals surface area contributed by atoms with E-state index in [-0.39, 0.29) is 21.3 Å². The minimum Gasteiger partial charge on any atom is -0.451 e. The maximum absolute atomic E-state index is 12.5. The predicted octanol–water partition coefficient (Wildman–Crippen LogP) is 4.31. The summed E-state index contributed by atoms with van der Waals surface area (Å²) in [5.74, 6) is -2.37. The number of carbonyl (C=O) groups excluding carboxylic acids is 3. The molecule has 0 heterocycles. The summed E-state index contributed by atoms with van der Waals surface area (Å²) in [6.45, 7) is 0.721. The molecule has 0 saturated heterocycles. The highest BCUT2D eigenvalue weighted by atomic mass is 35.5. The van der Waals surface area contributed by atoms with Crippen LogP contribution in [0.3, 0.4) is 0 Å². The van der Waals surface area contributed by atoms with Crippen LogP contribution in [-0.2, 0) is 20.5 Å². The number of nitrogens with one attached hydrogen (secondary N) is 2. The summed E-state index contributed by atoms with van der Waals surface area (Å²) in [6, 6.07) is 8.06. The molecule has 2 amide bonds. The molecule has 30 heavy (non-hydrogen) atoms. The summed E-state index contributed by atoms with van der Waals surface area (Å²) < 4.78 is 42.5.